The predicted octanol–water partition coefficient (Wildman–Crippen LogP) is 2.62. The number of benzene rings is 1. The van der Waals surface area contributed by atoms with Crippen molar-refractivity contribution >= 4 is 0 Å². The Morgan fingerprint density at radius 2 is 2.11 bits per heavy atom. The lowest BCUT2D eigenvalue weighted by Crippen LogP contribution is -2.48. The third-order valence-corrected chi connectivity index (χ3v) is 3.77. The molecule has 1 fully saturated rings. The SMILES string of the molecule is COc1ccc(C2(CCC(C)(C)N)COC2)cc1F. The van der Waals surface area contributed by atoms with Crippen LogP contribution in [-0.2, 0) is 10.2 Å². The molecule has 2 rings (SSSR count). The zero-order valence-corrected chi connectivity index (χ0v) is 11.8. The number of ether oxygens (including phenoxy) is 2. The highest BCUT2D eigenvalue weighted by atomic mass is 19.1. The fourth-order valence-electron chi connectivity index (χ4n) is 2.36. The summed E-state index contributed by atoms with van der Waals surface area (Å²) >= 11 is 0. The molecule has 1 aliphatic rings. The van der Waals surface area contributed by atoms with E-state index < -0.39 is 0 Å². The Balaban J connectivity index is 2.19. The van der Waals surface area contributed by atoms with Crippen molar-refractivity contribution in [2.75, 3.05) is 20.3 Å². The Morgan fingerprint density at radius 3 is 2.53 bits per heavy atom. The fourth-order valence-corrected chi connectivity index (χ4v) is 2.36. The van der Waals surface area contributed by atoms with Gasteiger partial charge in [0, 0.05) is 11.0 Å². The second-order valence-corrected chi connectivity index (χ2v) is 6.11. The Labute approximate surface area is 113 Å². The summed E-state index contributed by atoms with van der Waals surface area (Å²) in [5, 5.41) is 0. The van der Waals surface area contributed by atoms with Crippen molar-refractivity contribution in [3.63, 3.8) is 0 Å². The highest BCUT2D eigenvalue weighted by Crippen LogP contribution is 2.39. The van der Waals surface area contributed by atoms with Crippen molar-refractivity contribution in [2.45, 2.75) is 37.6 Å². The summed E-state index contributed by atoms with van der Waals surface area (Å²) in [5.74, 6) is -0.0448. The van der Waals surface area contributed by atoms with Gasteiger partial charge in [0.25, 0.3) is 0 Å². The van der Waals surface area contributed by atoms with Crippen LogP contribution in [0.15, 0.2) is 18.2 Å². The second-order valence-electron chi connectivity index (χ2n) is 6.11. The molecule has 0 atom stereocenters. The van der Waals surface area contributed by atoms with Gasteiger partial charge in [-0.3, -0.25) is 0 Å². The largest absolute Gasteiger partial charge is 0.494 e. The van der Waals surface area contributed by atoms with Crippen LogP contribution in [0.4, 0.5) is 4.39 Å². The van der Waals surface area contributed by atoms with Gasteiger partial charge in [0.1, 0.15) is 0 Å². The molecule has 2 N–H and O–H groups in total. The maximum atomic E-state index is 13.8. The summed E-state index contributed by atoms with van der Waals surface area (Å²) in [6.07, 6.45) is 1.78. The van der Waals surface area contributed by atoms with E-state index in [2.05, 4.69) is 0 Å². The summed E-state index contributed by atoms with van der Waals surface area (Å²) in [6, 6.07) is 5.16. The van der Waals surface area contributed by atoms with Gasteiger partial charge in [0.05, 0.1) is 20.3 Å². The van der Waals surface area contributed by atoms with E-state index in [0.29, 0.717) is 13.2 Å². The minimum Gasteiger partial charge on any atom is -0.494 e. The van der Waals surface area contributed by atoms with Gasteiger partial charge in [0.2, 0.25) is 0 Å². The van der Waals surface area contributed by atoms with E-state index in [4.69, 9.17) is 15.2 Å². The number of methoxy groups -OCH3 is 1. The molecule has 0 saturated carbocycles. The average Bonchev–Trinajstić information content (AvgIpc) is 2.26. The van der Waals surface area contributed by atoms with Gasteiger partial charge in [0.15, 0.2) is 11.6 Å². The topological polar surface area (TPSA) is 44.5 Å². The zero-order chi connectivity index (χ0) is 14.1. The highest BCUT2D eigenvalue weighted by Gasteiger charge is 2.41. The molecule has 0 aliphatic carbocycles. The lowest BCUT2D eigenvalue weighted by molar-refractivity contribution is -0.0670. The number of nitrogens with two attached hydrogens (primary N) is 1. The van der Waals surface area contributed by atoms with Crippen LogP contribution in [0.25, 0.3) is 0 Å². The maximum absolute atomic E-state index is 13.8. The molecule has 0 spiro atoms. The lowest BCUT2D eigenvalue weighted by atomic mass is 9.73. The molecule has 1 aliphatic heterocycles. The molecule has 1 aromatic rings. The zero-order valence-electron chi connectivity index (χ0n) is 11.8. The molecule has 1 aromatic carbocycles. The van der Waals surface area contributed by atoms with Gasteiger partial charge >= 0.3 is 0 Å². The van der Waals surface area contributed by atoms with E-state index in [1.165, 1.54) is 7.11 Å². The van der Waals surface area contributed by atoms with Crippen molar-refractivity contribution in [1.29, 1.82) is 0 Å². The molecule has 1 heterocycles. The standard InChI is InChI=1S/C15H22FNO2/c1-14(2,17)6-7-15(9-19-10-15)11-4-5-13(18-3)12(16)8-11/h4-5,8H,6-7,9-10,17H2,1-3H3. The molecule has 0 radical (unpaired) electrons. The van der Waals surface area contributed by atoms with E-state index in [1.807, 2.05) is 19.9 Å². The van der Waals surface area contributed by atoms with Crippen molar-refractivity contribution in [2.24, 2.45) is 5.73 Å². The third-order valence-electron chi connectivity index (χ3n) is 3.77. The summed E-state index contributed by atoms with van der Waals surface area (Å²) in [6.45, 7) is 5.29. The molecule has 0 bridgehead atoms. The first-order valence-electron chi connectivity index (χ1n) is 6.57. The van der Waals surface area contributed by atoms with Crippen molar-refractivity contribution < 1.29 is 13.9 Å². The Bertz CT molecular complexity index is 450. The third kappa shape index (κ3) is 3.07. The summed E-state index contributed by atoms with van der Waals surface area (Å²) in [7, 11) is 1.47. The monoisotopic (exact) mass is 267 g/mol. The van der Waals surface area contributed by atoms with Crippen LogP contribution in [-0.4, -0.2) is 25.9 Å². The van der Waals surface area contributed by atoms with Gasteiger partial charge in [-0.05, 0) is 44.4 Å². The van der Waals surface area contributed by atoms with Crippen molar-refractivity contribution in [1.82, 2.24) is 0 Å². The first-order chi connectivity index (χ1) is 8.86. The Kier molecular flexibility index (Phi) is 3.83. The van der Waals surface area contributed by atoms with Gasteiger partial charge < -0.3 is 15.2 Å². The van der Waals surface area contributed by atoms with Crippen LogP contribution in [0.2, 0.25) is 0 Å². The molecule has 19 heavy (non-hydrogen) atoms. The van der Waals surface area contributed by atoms with Crippen LogP contribution in [0.1, 0.15) is 32.3 Å². The van der Waals surface area contributed by atoms with Crippen LogP contribution in [0.3, 0.4) is 0 Å². The highest BCUT2D eigenvalue weighted by molar-refractivity contribution is 5.35. The molecule has 1 saturated heterocycles. The molecule has 0 unspecified atom stereocenters. The fraction of sp³-hybridized carbons (Fsp3) is 0.600. The number of rotatable bonds is 5. The molecule has 3 nitrogen and oxygen atoms in total. The summed E-state index contributed by atoms with van der Waals surface area (Å²) in [5.41, 5.74) is 6.71. The minimum absolute atomic E-state index is 0.0935. The summed E-state index contributed by atoms with van der Waals surface area (Å²) in [4.78, 5) is 0. The molecule has 106 valence electrons. The van der Waals surface area contributed by atoms with E-state index in [9.17, 15) is 4.39 Å². The average molecular weight is 267 g/mol. The normalized spacial score (nSPS) is 17.9. The smallest absolute Gasteiger partial charge is 0.165 e. The minimum atomic E-state index is -0.321. The first-order valence-corrected chi connectivity index (χ1v) is 6.57. The Morgan fingerprint density at radius 1 is 1.42 bits per heavy atom. The van der Waals surface area contributed by atoms with E-state index in [-0.39, 0.29) is 22.5 Å². The molecule has 0 aromatic heterocycles. The van der Waals surface area contributed by atoms with E-state index >= 15 is 0 Å². The first kappa shape index (κ1) is 14.3. The predicted molar refractivity (Wildman–Crippen MR) is 72.9 cm³/mol. The van der Waals surface area contributed by atoms with Crippen molar-refractivity contribution in [3.8, 4) is 5.75 Å². The number of hydrogen-bond donors (Lipinski definition) is 1. The number of halogens is 1. The van der Waals surface area contributed by atoms with Crippen LogP contribution in [0, 0.1) is 5.82 Å². The molecular weight excluding hydrogens is 245 g/mol. The number of hydrogen-bond acceptors (Lipinski definition) is 3. The van der Waals surface area contributed by atoms with Crippen LogP contribution >= 0.6 is 0 Å². The van der Waals surface area contributed by atoms with Crippen LogP contribution < -0.4 is 10.5 Å². The molecular formula is C15H22FNO2. The van der Waals surface area contributed by atoms with E-state index in [0.717, 1.165) is 18.4 Å². The van der Waals surface area contributed by atoms with Crippen molar-refractivity contribution in [3.05, 3.63) is 29.6 Å². The maximum Gasteiger partial charge on any atom is 0.165 e. The van der Waals surface area contributed by atoms with E-state index in [1.54, 1.807) is 12.1 Å². The van der Waals surface area contributed by atoms with Gasteiger partial charge in [-0.1, -0.05) is 6.07 Å². The molecule has 4 heteroatoms. The lowest BCUT2D eigenvalue weighted by Gasteiger charge is -2.43. The van der Waals surface area contributed by atoms with Crippen LogP contribution in [0.5, 0.6) is 5.75 Å². The molecule has 0 amide bonds. The van der Waals surface area contributed by atoms with Gasteiger partial charge in [-0.15, -0.1) is 0 Å². The Hall–Kier alpha value is -1.13. The quantitative estimate of drug-likeness (QED) is 0.892. The summed E-state index contributed by atoms with van der Waals surface area (Å²) < 4.78 is 24.1. The van der Waals surface area contributed by atoms with Gasteiger partial charge in [-0.2, -0.15) is 0 Å². The second kappa shape index (κ2) is 5.10. The van der Waals surface area contributed by atoms with Gasteiger partial charge in [-0.25, -0.2) is 4.39 Å².